The first kappa shape index (κ1) is 19.0. The Bertz CT molecular complexity index is 258. The number of rotatable bonds is 3. The van der Waals surface area contributed by atoms with Crippen molar-refractivity contribution >= 4 is 46.4 Å². The van der Waals surface area contributed by atoms with E-state index in [9.17, 15) is 0 Å². The third kappa shape index (κ3) is 6.39. The highest BCUT2D eigenvalue weighted by Crippen LogP contribution is 2.34. The predicted molar refractivity (Wildman–Crippen MR) is 78.8 cm³/mol. The van der Waals surface area contributed by atoms with Gasteiger partial charge in [-0.05, 0) is 19.8 Å². The zero-order valence-electron chi connectivity index (χ0n) is 10.7. The highest BCUT2D eigenvalue weighted by Gasteiger charge is 2.18. The van der Waals surface area contributed by atoms with Gasteiger partial charge in [-0.15, -0.1) is 0 Å². The molecule has 0 nitrogen and oxygen atoms in total. The van der Waals surface area contributed by atoms with E-state index in [0.717, 1.165) is 5.57 Å². The lowest BCUT2D eigenvalue weighted by molar-refractivity contribution is 0.803. The predicted octanol–water partition coefficient (Wildman–Crippen LogP) is 6.50. The summed E-state index contributed by atoms with van der Waals surface area (Å²) in [5, 5.41) is 1.17. The van der Waals surface area contributed by atoms with Gasteiger partial charge in [-0.25, -0.2) is 0 Å². The van der Waals surface area contributed by atoms with Gasteiger partial charge in [0.05, 0.1) is 0 Å². The second-order valence-corrected chi connectivity index (χ2v) is 5.41. The molecule has 0 radical (unpaired) electrons. The summed E-state index contributed by atoms with van der Waals surface area (Å²) in [7, 11) is 0. The van der Waals surface area contributed by atoms with E-state index in [-0.39, 0.29) is 5.92 Å². The molecule has 0 aliphatic heterocycles. The summed E-state index contributed by atoms with van der Waals surface area (Å²) in [5.74, 6) is 0.166. The van der Waals surface area contributed by atoms with Gasteiger partial charge in [0.1, 0.15) is 4.84 Å². The summed E-state index contributed by atoms with van der Waals surface area (Å²) >= 11 is 23.8. The van der Waals surface area contributed by atoms with Crippen molar-refractivity contribution in [2.45, 2.75) is 46.4 Å². The van der Waals surface area contributed by atoms with Crippen molar-refractivity contribution in [1.29, 1.82) is 0 Å². The molecule has 0 aliphatic rings. The molecule has 16 heavy (non-hydrogen) atoms. The van der Waals surface area contributed by atoms with E-state index in [1.54, 1.807) is 0 Å². The Hall–Kier alpha value is 0.640. The standard InChI is InChI=1S/C10H14Cl4.C2H6/c1-5(2)8(11)7(10(13)14)9(12)6(3)4;1-2/h5,10H,1-4H3;1-2H3/b8-7-;. The largest absolute Gasteiger partial charge is 0.135 e. The van der Waals surface area contributed by atoms with Crippen molar-refractivity contribution in [3.05, 3.63) is 21.2 Å². The Morgan fingerprint density at radius 3 is 1.50 bits per heavy atom. The second-order valence-electron chi connectivity index (χ2n) is 3.53. The Balaban J connectivity index is 0. The molecule has 0 saturated carbocycles. The van der Waals surface area contributed by atoms with Gasteiger partial charge in [0.25, 0.3) is 0 Å². The lowest BCUT2D eigenvalue weighted by atomic mass is 10.1. The quantitative estimate of drug-likeness (QED) is 0.412. The van der Waals surface area contributed by atoms with Crippen LogP contribution < -0.4 is 0 Å². The molecule has 0 bridgehead atoms. The molecule has 0 atom stereocenters. The minimum Gasteiger partial charge on any atom is -0.1000 e. The van der Waals surface area contributed by atoms with E-state index in [0.29, 0.717) is 15.6 Å². The fraction of sp³-hybridized carbons (Fsp3) is 0.667. The summed E-state index contributed by atoms with van der Waals surface area (Å²) in [5.41, 5.74) is 1.57. The zero-order valence-corrected chi connectivity index (χ0v) is 13.7. The minimum atomic E-state index is -0.688. The highest BCUT2D eigenvalue weighted by molar-refractivity contribution is 6.49. The Labute approximate surface area is 120 Å². The van der Waals surface area contributed by atoms with E-state index in [2.05, 4.69) is 0 Å². The summed E-state index contributed by atoms with van der Waals surface area (Å²) in [4.78, 5) is -0.688. The lowest BCUT2D eigenvalue weighted by Gasteiger charge is -2.14. The van der Waals surface area contributed by atoms with Crippen LogP contribution in [0.4, 0.5) is 0 Å². The van der Waals surface area contributed by atoms with Gasteiger partial charge < -0.3 is 0 Å². The van der Waals surface area contributed by atoms with Crippen LogP contribution in [-0.2, 0) is 0 Å². The molecule has 0 aromatic carbocycles. The molecule has 0 aromatic rings. The lowest BCUT2D eigenvalue weighted by Crippen LogP contribution is -2.02. The van der Waals surface area contributed by atoms with Gasteiger partial charge in [0.2, 0.25) is 0 Å². The maximum absolute atomic E-state index is 6.11. The minimum absolute atomic E-state index is 0.166. The third-order valence-electron chi connectivity index (χ3n) is 1.66. The first-order chi connectivity index (χ1) is 7.29. The molecule has 0 aromatic heterocycles. The number of allylic oxidation sites excluding steroid dienone is 4. The smallest absolute Gasteiger partial charge is 0.1000 e. The average molecular weight is 306 g/mol. The van der Waals surface area contributed by atoms with Crippen molar-refractivity contribution in [2.75, 3.05) is 0 Å². The van der Waals surface area contributed by atoms with Crippen molar-refractivity contribution in [3.63, 3.8) is 0 Å². The van der Waals surface area contributed by atoms with E-state index in [1.165, 1.54) is 0 Å². The summed E-state index contributed by atoms with van der Waals surface area (Å²) in [6, 6.07) is 0. The van der Waals surface area contributed by atoms with Crippen LogP contribution in [0.1, 0.15) is 41.5 Å². The molecule has 0 N–H and O–H groups in total. The van der Waals surface area contributed by atoms with Gasteiger partial charge in [0.15, 0.2) is 0 Å². The molecule has 96 valence electrons. The fourth-order valence-electron chi connectivity index (χ4n) is 0.885. The summed E-state index contributed by atoms with van der Waals surface area (Å²) in [6.07, 6.45) is 0. The van der Waals surface area contributed by atoms with Crippen LogP contribution in [0.2, 0.25) is 0 Å². The highest BCUT2D eigenvalue weighted by atomic mass is 35.5. The van der Waals surface area contributed by atoms with Gasteiger partial charge in [-0.2, -0.15) is 0 Å². The SMILES string of the molecule is CC.CC(C)=C(Cl)/C(=C(/Cl)C(C)C)C(Cl)Cl. The van der Waals surface area contributed by atoms with Crippen LogP contribution in [-0.4, -0.2) is 4.84 Å². The Kier molecular flexibility index (Phi) is 11.5. The van der Waals surface area contributed by atoms with Crippen LogP contribution >= 0.6 is 46.4 Å². The molecule has 0 rings (SSSR count). The molecule has 0 fully saturated rings. The Morgan fingerprint density at radius 2 is 1.31 bits per heavy atom. The van der Waals surface area contributed by atoms with Crippen LogP contribution in [0.3, 0.4) is 0 Å². The summed E-state index contributed by atoms with van der Waals surface area (Å²) in [6.45, 7) is 11.7. The molecular formula is C12H20Cl4. The van der Waals surface area contributed by atoms with Crippen LogP contribution in [0.15, 0.2) is 21.2 Å². The third-order valence-corrected chi connectivity index (χ3v) is 3.32. The van der Waals surface area contributed by atoms with E-state index in [1.807, 2.05) is 41.5 Å². The summed E-state index contributed by atoms with van der Waals surface area (Å²) < 4.78 is 0. The first-order valence-corrected chi connectivity index (χ1v) is 6.93. The number of hydrogen-bond acceptors (Lipinski definition) is 0. The van der Waals surface area contributed by atoms with Gasteiger partial charge in [-0.1, -0.05) is 79.7 Å². The van der Waals surface area contributed by atoms with Crippen molar-refractivity contribution in [2.24, 2.45) is 5.92 Å². The fourth-order valence-corrected chi connectivity index (χ4v) is 2.02. The monoisotopic (exact) mass is 304 g/mol. The molecule has 0 amide bonds. The maximum atomic E-state index is 6.11. The molecule has 0 aliphatic carbocycles. The van der Waals surface area contributed by atoms with Gasteiger partial charge in [-0.3, -0.25) is 0 Å². The molecule has 0 spiro atoms. The molecular weight excluding hydrogens is 286 g/mol. The normalized spacial score (nSPS) is 12.0. The van der Waals surface area contributed by atoms with Crippen molar-refractivity contribution in [3.8, 4) is 0 Å². The van der Waals surface area contributed by atoms with E-state index in [4.69, 9.17) is 46.4 Å². The molecule has 0 heterocycles. The van der Waals surface area contributed by atoms with Crippen LogP contribution in [0, 0.1) is 5.92 Å². The van der Waals surface area contributed by atoms with Gasteiger partial charge >= 0.3 is 0 Å². The first-order valence-electron chi connectivity index (χ1n) is 5.30. The second kappa shape index (κ2) is 9.65. The molecule has 4 heteroatoms. The molecule has 0 saturated heterocycles. The van der Waals surface area contributed by atoms with Crippen LogP contribution in [0.5, 0.6) is 0 Å². The number of halogens is 4. The maximum Gasteiger partial charge on any atom is 0.135 e. The Morgan fingerprint density at radius 1 is 0.938 bits per heavy atom. The van der Waals surface area contributed by atoms with Crippen molar-refractivity contribution in [1.82, 2.24) is 0 Å². The number of hydrogen-bond donors (Lipinski definition) is 0. The van der Waals surface area contributed by atoms with E-state index < -0.39 is 4.84 Å². The number of alkyl halides is 2. The average Bonchev–Trinajstić information content (AvgIpc) is 2.19. The van der Waals surface area contributed by atoms with Gasteiger partial charge in [0, 0.05) is 15.6 Å². The van der Waals surface area contributed by atoms with Crippen molar-refractivity contribution < 1.29 is 0 Å². The zero-order chi connectivity index (χ0) is 13.5. The molecule has 0 unspecified atom stereocenters. The van der Waals surface area contributed by atoms with Crippen LogP contribution in [0.25, 0.3) is 0 Å². The van der Waals surface area contributed by atoms with E-state index >= 15 is 0 Å². The topological polar surface area (TPSA) is 0 Å².